The van der Waals surface area contributed by atoms with Crippen molar-refractivity contribution in [3.05, 3.63) is 123 Å². The van der Waals surface area contributed by atoms with Crippen LogP contribution in [0.2, 0.25) is 0 Å². The minimum Gasteiger partial charge on any atom is -0.382 e. The number of nitrogens with zero attached hydrogens (tertiary/aromatic N) is 5. The van der Waals surface area contributed by atoms with E-state index in [1.165, 1.54) is 17.1 Å². The molecule has 0 fully saturated rings. The molecule has 0 radical (unpaired) electrons. The standard InChI is InChI=1S/C34H35N7O3/c1-19(2)29(20(3)4)28-16-26(30-31(35)36-18-37-41(28)30)23-11-13-24(14-12-23)38-32(42)27-17-39(21(5)6)34(44)40(33(27)43)25-10-8-9-22(7)15-25/h8-18,21H,1H2,2-7H3,(H,38,42)(H2,35,36,37). The summed E-state index contributed by atoms with van der Waals surface area (Å²) in [5, 5.41) is 7.28. The fourth-order valence-corrected chi connectivity index (χ4v) is 5.39. The lowest BCUT2D eigenvalue weighted by Crippen LogP contribution is -2.42. The van der Waals surface area contributed by atoms with Gasteiger partial charge in [0.05, 0.1) is 11.4 Å². The fourth-order valence-electron chi connectivity index (χ4n) is 5.39. The molecule has 3 heterocycles. The predicted molar refractivity (Wildman–Crippen MR) is 175 cm³/mol. The Morgan fingerprint density at radius 1 is 1.02 bits per heavy atom. The van der Waals surface area contributed by atoms with Crippen LogP contribution < -0.4 is 22.3 Å². The maximum Gasteiger partial charge on any atom is 0.335 e. The van der Waals surface area contributed by atoms with E-state index in [4.69, 9.17) is 5.73 Å². The summed E-state index contributed by atoms with van der Waals surface area (Å²) < 4.78 is 4.20. The molecule has 2 aromatic carbocycles. The van der Waals surface area contributed by atoms with Crippen molar-refractivity contribution in [2.45, 2.75) is 47.6 Å². The smallest absolute Gasteiger partial charge is 0.335 e. The highest BCUT2D eigenvalue weighted by Gasteiger charge is 2.21. The fraction of sp³-hybridized carbons (Fsp3) is 0.206. The molecule has 224 valence electrons. The Labute approximate surface area is 254 Å². The van der Waals surface area contributed by atoms with Crippen molar-refractivity contribution in [2.24, 2.45) is 0 Å². The number of amides is 1. The quantitative estimate of drug-likeness (QED) is 0.231. The zero-order valence-electron chi connectivity index (χ0n) is 25.7. The van der Waals surface area contributed by atoms with Crippen molar-refractivity contribution in [3.8, 4) is 16.8 Å². The van der Waals surface area contributed by atoms with Crippen LogP contribution in [-0.2, 0) is 0 Å². The average Bonchev–Trinajstić information content (AvgIpc) is 3.33. The molecule has 3 aromatic heterocycles. The summed E-state index contributed by atoms with van der Waals surface area (Å²) in [7, 11) is 0. The number of nitrogens with one attached hydrogen (secondary N) is 1. The molecule has 44 heavy (non-hydrogen) atoms. The van der Waals surface area contributed by atoms with E-state index in [2.05, 4.69) is 22.0 Å². The first-order valence-electron chi connectivity index (χ1n) is 14.2. The van der Waals surface area contributed by atoms with Gasteiger partial charge in [0.25, 0.3) is 11.5 Å². The van der Waals surface area contributed by atoms with Crippen molar-refractivity contribution in [1.29, 1.82) is 0 Å². The van der Waals surface area contributed by atoms with Crippen LogP contribution in [0.25, 0.3) is 27.9 Å². The van der Waals surface area contributed by atoms with Crippen molar-refractivity contribution >= 4 is 28.5 Å². The Hall–Kier alpha value is -5.51. The maximum absolute atomic E-state index is 13.5. The van der Waals surface area contributed by atoms with Gasteiger partial charge in [-0.25, -0.2) is 18.9 Å². The summed E-state index contributed by atoms with van der Waals surface area (Å²) in [6, 6.07) is 16.0. The van der Waals surface area contributed by atoms with Gasteiger partial charge in [-0.2, -0.15) is 5.10 Å². The third kappa shape index (κ3) is 5.37. The van der Waals surface area contributed by atoms with Crippen molar-refractivity contribution in [2.75, 3.05) is 11.1 Å². The SMILES string of the molecule is C=C(C)C(=C(C)C)c1cc(-c2ccc(NC(=O)c3cn(C(C)C)c(=O)n(-c4cccc(C)c4)c3=O)cc2)c2c(N)ncnn12. The molecule has 0 unspecified atom stereocenters. The van der Waals surface area contributed by atoms with E-state index in [-0.39, 0.29) is 11.6 Å². The summed E-state index contributed by atoms with van der Waals surface area (Å²) in [6.07, 6.45) is 2.75. The Morgan fingerprint density at radius 2 is 1.73 bits per heavy atom. The lowest BCUT2D eigenvalue weighted by Gasteiger charge is -2.16. The van der Waals surface area contributed by atoms with E-state index in [9.17, 15) is 14.4 Å². The zero-order valence-corrected chi connectivity index (χ0v) is 25.7. The molecule has 5 aromatic rings. The summed E-state index contributed by atoms with van der Waals surface area (Å²) in [5.74, 6) is -0.291. The number of fused-ring (bicyclic) bond motifs is 1. The van der Waals surface area contributed by atoms with Gasteiger partial charge in [0.15, 0.2) is 5.82 Å². The molecule has 0 bridgehead atoms. The molecule has 0 atom stereocenters. The van der Waals surface area contributed by atoms with Crippen LogP contribution in [0.15, 0.2) is 94.4 Å². The molecule has 1 amide bonds. The van der Waals surface area contributed by atoms with Crippen molar-refractivity contribution in [3.63, 3.8) is 0 Å². The molecule has 10 nitrogen and oxygen atoms in total. The molecule has 0 saturated carbocycles. The number of nitrogen functional groups attached to an aromatic ring is 1. The maximum atomic E-state index is 13.5. The highest BCUT2D eigenvalue weighted by atomic mass is 16.2. The lowest BCUT2D eigenvalue weighted by atomic mass is 9.99. The summed E-state index contributed by atoms with van der Waals surface area (Å²) in [6.45, 7) is 15.7. The van der Waals surface area contributed by atoms with Gasteiger partial charge < -0.3 is 11.1 Å². The van der Waals surface area contributed by atoms with E-state index in [1.807, 2.05) is 65.8 Å². The van der Waals surface area contributed by atoms with Gasteiger partial charge in [0.1, 0.15) is 17.4 Å². The van der Waals surface area contributed by atoms with E-state index >= 15 is 0 Å². The molecule has 5 rings (SSSR count). The number of hydrogen-bond donors (Lipinski definition) is 2. The predicted octanol–water partition coefficient (Wildman–Crippen LogP) is 5.80. The second-order valence-corrected chi connectivity index (χ2v) is 11.3. The first-order chi connectivity index (χ1) is 20.9. The lowest BCUT2D eigenvalue weighted by molar-refractivity contribution is 0.102. The summed E-state index contributed by atoms with van der Waals surface area (Å²) >= 11 is 0. The number of rotatable bonds is 7. The van der Waals surface area contributed by atoms with Crippen LogP contribution in [0.3, 0.4) is 0 Å². The first kappa shape index (κ1) is 30.0. The summed E-state index contributed by atoms with van der Waals surface area (Å²) in [5.41, 5.74) is 12.8. The van der Waals surface area contributed by atoms with Gasteiger partial charge in [-0.3, -0.25) is 14.2 Å². The van der Waals surface area contributed by atoms with Gasteiger partial charge in [0.2, 0.25) is 0 Å². The van der Waals surface area contributed by atoms with Crippen LogP contribution in [0.1, 0.15) is 62.3 Å². The Morgan fingerprint density at radius 3 is 2.34 bits per heavy atom. The third-order valence-corrected chi connectivity index (χ3v) is 7.39. The number of aryl methyl sites for hydroxylation is 1. The average molecular weight is 590 g/mol. The largest absolute Gasteiger partial charge is 0.382 e. The normalized spacial score (nSPS) is 11.2. The molecule has 10 heteroatoms. The Kier molecular flexibility index (Phi) is 7.93. The zero-order chi connectivity index (χ0) is 31.9. The van der Waals surface area contributed by atoms with Crippen molar-refractivity contribution < 1.29 is 4.79 Å². The minimum absolute atomic E-state index is 0.147. The first-order valence-corrected chi connectivity index (χ1v) is 14.2. The van der Waals surface area contributed by atoms with Gasteiger partial charge in [-0.1, -0.05) is 36.4 Å². The minimum atomic E-state index is -0.692. The number of aromatic nitrogens is 5. The van der Waals surface area contributed by atoms with Crippen LogP contribution in [-0.4, -0.2) is 29.6 Å². The topological polar surface area (TPSA) is 129 Å². The van der Waals surface area contributed by atoms with Crippen LogP contribution in [0.4, 0.5) is 11.5 Å². The van der Waals surface area contributed by atoms with Crippen LogP contribution in [0.5, 0.6) is 0 Å². The number of carbonyl (C=O) groups is 1. The monoisotopic (exact) mass is 589 g/mol. The molecule has 0 aliphatic carbocycles. The molecular weight excluding hydrogens is 554 g/mol. The molecule has 0 aliphatic heterocycles. The number of allylic oxidation sites excluding steroid dienone is 3. The van der Waals surface area contributed by atoms with E-state index in [1.54, 1.807) is 34.8 Å². The van der Waals surface area contributed by atoms with Gasteiger partial charge >= 0.3 is 5.69 Å². The molecular formula is C34H35N7O3. The second kappa shape index (κ2) is 11.6. The van der Waals surface area contributed by atoms with Gasteiger partial charge in [-0.15, -0.1) is 0 Å². The number of hydrogen-bond acceptors (Lipinski definition) is 6. The van der Waals surface area contributed by atoms with E-state index in [0.29, 0.717) is 22.7 Å². The second-order valence-electron chi connectivity index (χ2n) is 11.3. The Balaban J connectivity index is 1.54. The number of nitrogens with two attached hydrogens (primary N) is 1. The molecule has 0 saturated heterocycles. The molecule has 0 aliphatic rings. The number of anilines is 2. The van der Waals surface area contributed by atoms with Gasteiger partial charge in [0, 0.05) is 29.1 Å². The van der Waals surface area contributed by atoms with Crippen LogP contribution >= 0.6 is 0 Å². The number of benzene rings is 2. The highest BCUT2D eigenvalue weighted by Crippen LogP contribution is 2.36. The molecule has 3 N–H and O–H groups in total. The van der Waals surface area contributed by atoms with Crippen molar-refractivity contribution in [1.82, 2.24) is 23.7 Å². The summed E-state index contributed by atoms with van der Waals surface area (Å²) in [4.78, 5) is 44.4. The third-order valence-electron chi connectivity index (χ3n) is 7.39. The van der Waals surface area contributed by atoms with E-state index < -0.39 is 17.2 Å². The van der Waals surface area contributed by atoms with Gasteiger partial charge in [-0.05, 0) is 88.6 Å². The Bertz CT molecular complexity index is 2090. The highest BCUT2D eigenvalue weighted by molar-refractivity contribution is 6.04. The van der Waals surface area contributed by atoms with E-state index in [0.717, 1.165) is 43.7 Å². The number of carbonyl (C=O) groups excluding carboxylic acids is 1. The van der Waals surface area contributed by atoms with Crippen LogP contribution in [0, 0.1) is 6.92 Å². The molecule has 0 spiro atoms.